The van der Waals surface area contributed by atoms with Crippen LogP contribution in [0.4, 0.5) is 4.39 Å². The molecule has 13 heteroatoms. The largest absolute Gasteiger partial charge is 0.388 e. The lowest BCUT2D eigenvalue weighted by Crippen LogP contribution is -2.53. The smallest absolute Gasteiger partial charge is 0.265 e. The minimum atomic E-state index is -1.19. The zero-order valence-corrected chi connectivity index (χ0v) is 29.0. The van der Waals surface area contributed by atoms with Crippen LogP contribution in [0.2, 0.25) is 0 Å². The molecule has 5 aromatic rings. The molecule has 0 bridgehead atoms. The summed E-state index contributed by atoms with van der Waals surface area (Å²) >= 11 is 1.37. The third kappa shape index (κ3) is 6.59. The molecule has 2 atom stereocenters. The van der Waals surface area contributed by atoms with Gasteiger partial charge in [0.2, 0.25) is 5.91 Å². The van der Waals surface area contributed by atoms with Gasteiger partial charge in [-0.05, 0) is 56.9 Å². The monoisotopic (exact) mass is 697 g/mol. The number of aromatic nitrogens is 5. The van der Waals surface area contributed by atoms with Crippen molar-refractivity contribution < 1.29 is 19.1 Å². The van der Waals surface area contributed by atoms with Gasteiger partial charge in [-0.1, -0.05) is 30.3 Å². The fourth-order valence-corrected chi connectivity index (χ4v) is 8.29. The molecule has 2 aliphatic heterocycles. The summed E-state index contributed by atoms with van der Waals surface area (Å²) in [7, 11) is 0. The van der Waals surface area contributed by atoms with Gasteiger partial charge in [0.25, 0.3) is 11.5 Å². The van der Waals surface area contributed by atoms with E-state index < -0.39 is 12.3 Å². The Balaban J connectivity index is 1.04. The van der Waals surface area contributed by atoms with Crippen molar-refractivity contribution in [2.24, 2.45) is 5.92 Å². The van der Waals surface area contributed by atoms with Crippen LogP contribution in [0.3, 0.4) is 0 Å². The van der Waals surface area contributed by atoms with E-state index in [9.17, 15) is 23.9 Å². The third-order valence-corrected chi connectivity index (χ3v) is 11.3. The Morgan fingerprint density at radius 1 is 1.00 bits per heavy atom. The zero-order chi connectivity index (χ0) is 35.0. The van der Waals surface area contributed by atoms with Crippen molar-refractivity contribution in [3.63, 3.8) is 0 Å². The maximum atomic E-state index is 14.2. The number of pyridine rings is 1. The minimum absolute atomic E-state index is 0.0191. The summed E-state index contributed by atoms with van der Waals surface area (Å²) in [6.07, 6.45) is 5.96. The number of likely N-dealkylation sites (tertiary alicyclic amines) is 2. The number of hydrogen-bond donors (Lipinski definition) is 1. The summed E-state index contributed by atoms with van der Waals surface area (Å²) in [5.74, 6) is -0.585. The van der Waals surface area contributed by atoms with Crippen molar-refractivity contribution >= 4 is 34.2 Å². The topological polar surface area (TPSA) is 126 Å². The molecule has 1 aromatic carbocycles. The van der Waals surface area contributed by atoms with Gasteiger partial charge in [0.1, 0.15) is 28.5 Å². The second-order valence-electron chi connectivity index (χ2n) is 13.4. The first-order valence-corrected chi connectivity index (χ1v) is 17.8. The first kappa shape index (κ1) is 33.7. The van der Waals surface area contributed by atoms with E-state index in [1.165, 1.54) is 22.2 Å². The molecule has 0 saturated carbocycles. The van der Waals surface area contributed by atoms with Gasteiger partial charge < -0.3 is 19.5 Å². The molecule has 2 aliphatic rings. The highest BCUT2D eigenvalue weighted by Gasteiger charge is 2.42. The van der Waals surface area contributed by atoms with Crippen molar-refractivity contribution in [1.82, 2.24) is 33.9 Å². The molecular weight excluding hydrogens is 658 g/mol. The molecule has 0 radical (unpaired) electrons. The van der Waals surface area contributed by atoms with Crippen molar-refractivity contribution in [2.45, 2.75) is 57.7 Å². The molecule has 2 amide bonds. The van der Waals surface area contributed by atoms with E-state index in [0.29, 0.717) is 67.0 Å². The second kappa shape index (κ2) is 13.9. The third-order valence-electron chi connectivity index (χ3n) is 10.1. The van der Waals surface area contributed by atoms with Crippen LogP contribution in [-0.2, 0) is 17.9 Å². The number of hydrogen-bond acceptors (Lipinski definition) is 8. The van der Waals surface area contributed by atoms with Crippen LogP contribution >= 0.6 is 11.3 Å². The Kier molecular flexibility index (Phi) is 9.36. The van der Waals surface area contributed by atoms with Gasteiger partial charge in [0, 0.05) is 61.7 Å². The predicted molar refractivity (Wildman–Crippen MR) is 189 cm³/mol. The molecule has 0 unspecified atom stereocenters. The van der Waals surface area contributed by atoms with Crippen LogP contribution in [0, 0.1) is 19.8 Å². The first-order valence-electron chi connectivity index (χ1n) is 17.0. The van der Waals surface area contributed by atoms with E-state index in [2.05, 4.69) is 15.0 Å². The zero-order valence-electron chi connectivity index (χ0n) is 28.2. The lowest BCUT2D eigenvalue weighted by molar-refractivity contribution is -0.142. The summed E-state index contributed by atoms with van der Waals surface area (Å²) in [6.45, 7) is 4.94. The normalized spacial score (nSPS) is 19.2. The molecule has 11 nitrogen and oxygen atoms in total. The Morgan fingerprint density at radius 2 is 1.78 bits per heavy atom. The number of carbonyl (C=O) groups is 2. The second-order valence-corrected chi connectivity index (χ2v) is 14.4. The molecule has 50 heavy (non-hydrogen) atoms. The number of piperidine rings is 2. The Hall–Kier alpha value is -4.75. The fourth-order valence-electron chi connectivity index (χ4n) is 7.27. The molecule has 6 heterocycles. The van der Waals surface area contributed by atoms with Crippen LogP contribution in [0.1, 0.15) is 51.8 Å². The number of alkyl halides is 1. The van der Waals surface area contributed by atoms with Crippen LogP contribution in [-0.4, -0.2) is 89.3 Å². The van der Waals surface area contributed by atoms with Crippen LogP contribution < -0.4 is 5.56 Å². The highest BCUT2D eigenvalue weighted by atomic mass is 32.1. The maximum Gasteiger partial charge on any atom is 0.265 e. The van der Waals surface area contributed by atoms with Crippen LogP contribution in [0.25, 0.3) is 21.6 Å². The maximum absolute atomic E-state index is 14.2. The highest BCUT2D eigenvalue weighted by Crippen LogP contribution is 2.37. The Bertz CT molecular complexity index is 2070. The van der Waals surface area contributed by atoms with Gasteiger partial charge in [-0.25, -0.2) is 14.4 Å². The van der Waals surface area contributed by atoms with Crippen molar-refractivity contribution in [1.29, 1.82) is 0 Å². The number of fused-ring (bicyclic) bond motifs is 1. The number of rotatable bonds is 8. The standard InChI is InChI=1S/C37H40FN7O4S/c1-24-8-9-27(20-39-24)33-41-25(2)31(50-33)36(48)44-16-10-28(30(21-44)26-6-4-3-5-7-26)34(46)43-17-12-37(49,13-18-43)22-45-23-40-32-29(35(45)47)11-15-42(32)19-14-38/h3-9,11,15,20,23,28,30,49H,10,12-14,16-19,21-22H2,1-2H3/t28-,30+/m1/s1. The quantitative estimate of drug-likeness (QED) is 0.251. The van der Waals surface area contributed by atoms with Crippen LogP contribution in [0.15, 0.2) is 72.0 Å². The summed E-state index contributed by atoms with van der Waals surface area (Å²) in [5.41, 5.74) is 2.41. The molecule has 260 valence electrons. The Morgan fingerprint density at radius 3 is 2.50 bits per heavy atom. The molecular formula is C37H40FN7O4S. The Labute approximate surface area is 293 Å². The van der Waals surface area contributed by atoms with E-state index in [0.717, 1.165) is 21.8 Å². The average molecular weight is 698 g/mol. The van der Waals surface area contributed by atoms with Gasteiger partial charge in [-0.2, -0.15) is 0 Å². The van der Waals surface area contributed by atoms with Gasteiger partial charge in [0.05, 0.1) is 29.8 Å². The molecule has 0 aliphatic carbocycles. The van der Waals surface area contributed by atoms with E-state index in [-0.39, 0.29) is 42.3 Å². The molecule has 0 spiro atoms. The summed E-state index contributed by atoms with van der Waals surface area (Å²) < 4.78 is 15.9. The summed E-state index contributed by atoms with van der Waals surface area (Å²) in [4.78, 5) is 59.0. The van der Waals surface area contributed by atoms with E-state index in [1.807, 2.05) is 66.1 Å². The van der Waals surface area contributed by atoms with Crippen molar-refractivity contribution in [3.8, 4) is 10.6 Å². The number of benzene rings is 1. The van der Waals surface area contributed by atoms with E-state index >= 15 is 0 Å². The molecule has 2 fully saturated rings. The summed E-state index contributed by atoms with van der Waals surface area (Å²) in [6, 6.07) is 15.4. The van der Waals surface area contributed by atoms with Gasteiger partial charge in [0.15, 0.2) is 0 Å². The SMILES string of the molecule is Cc1ccc(-c2nc(C)c(C(=O)N3CC[C@@H](C(=O)N4CCC(O)(Cn5cnc6c(ccn6CCF)c5=O)CC4)[C@H](c4ccccc4)C3)s2)cn1. The molecule has 4 aromatic heterocycles. The average Bonchev–Trinajstić information content (AvgIpc) is 3.73. The van der Waals surface area contributed by atoms with Gasteiger partial charge in [-0.15, -0.1) is 11.3 Å². The molecule has 7 rings (SSSR count). The number of amides is 2. The van der Waals surface area contributed by atoms with Crippen molar-refractivity contribution in [3.05, 3.63) is 99.4 Å². The first-order chi connectivity index (χ1) is 24.1. The molecule has 1 N–H and O–H groups in total. The number of nitrogens with zero attached hydrogens (tertiary/aromatic N) is 7. The number of thiazole rings is 1. The lowest BCUT2D eigenvalue weighted by atomic mass is 9.79. The number of aliphatic hydroxyl groups is 1. The minimum Gasteiger partial charge on any atom is -0.388 e. The lowest BCUT2D eigenvalue weighted by Gasteiger charge is -2.43. The number of carbonyl (C=O) groups excluding carboxylic acids is 2. The van der Waals surface area contributed by atoms with Crippen LogP contribution in [0.5, 0.6) is 0 Å². The van der Waals surface area contributed by atoms with E-state index in [4.69, 9.17) is 0 Å². The number of aryl methyl sites for hydroxylation is 3. The van der Waals surface area contributed by atoms with Gasteiger partial charge >= 0.3 is 0 Å². The van der Waals surface area contributed by atoms with Crippen molar-refractivity contribution in [2.75, 3.05) is 32.9 Å². The van der Waals surface area contributed by atoms with E-state index in [1.54, 1.807) is 23.0 Å². The number of halogens is 1. The predicted octanol–water partition coefficient (Wildman–Crippen LogP) is 4.60. The highest BCUT2D eigenvalue weighted by molar-refractivity contribution is 7.17. The van der Waals surface area contributed by atoms with Gasteiger partial charge in [-0.3, -0.25) is 23.9 Å². The fraction of sp³-hybridized carbons (Fsp3) is 0.405. The summed E-state index contributed by atoms with van der Waals surface area (Å²) in [5, 5.41) is 12.7. The molecule has 2 saturated heterocycles.